The molecule has 0 saturated carbocycles. The van der Waals surface area contributed by atoms with E-state index in [-0.39, 0.29) is 5.82 Å². The molecule has 0 spiro atoms. The third kappa shape index (κ3) is 3.05. The zero-order chi connectivity index (χ0) is 13.8. The Morgan fingerprint density at radius 2 is 1.89 bits per heavy atom. The second-order valence-corrected chi connectivity index (χ2v) is 4.80. The fraction of sp³-hybridized carbons (Fsp3) is 0.312. The highest BCUT2D eigenvalue weighted by Gasteiger charge is 2.06. The molecule has 3 nitrogen and oxygen atoms in total. The van der Waals surface area contributed by atoms with Gasteiger partial charge in [0.2, 0.25) is 0 Å². The highest BCUT2D eigenvalue weighted by Crippen LogP contribution is 2.23. The molecule has 1 heterocycles. The first-order chi connectivity index (χ1) is 9.13. The van der Waals surface area contributed by atoms with Crippen LogP contribution in [-0.2, 0) is 0 Å². The van der Waals surface area contributed by atoms with Crippen molar-refractivity contribution in [3.05, 3.63) is 47.4 Å². The quantitative estimate of drug-likeness (QED) is 0.780. The van der Waals surface area contributed by atoms with E-state index in [1.54, 1.807) is 0 Å². The second-order valence-electron chi connectivity index (χ2n) is 4.80. The zero-order valence-electron chi connectivity index (χ0n) is 11.6. The fourth-order valence-electron chi connectivity index (χ4n) is 2.01. The van der Waals surface area contributed by atoms with Gasteiger partial charge in [-0.15, -0.1) is 0 Å². The van der Waals surface area contributed by atoms with E-state index in [4.69, 9.17) is 0 Å². The molecule has 1 unspecified atom stereocenters. The van der Waals surface area contributed by atoms with Crippen LogP contribution in [0.25, 0.3) is 11.3 Å². The van der Waals surface area contributed by atoms with Gasteiger partial charge in [0.15, 0.2) is 12.1 Å². The van der Waals surface area contributed by atoms with Crippen LogP contribution in [0.4, 0.5) is 0 Å². The molecule has 0 N–H and O–H groups in total. The van der Waals surface area contributed by atoms with E-state index >= 15 is 0 Å². The largest absolute Gasteiger partial charge is 0.294 e. The molecule has 1 atom stereocenters. The second kappa shape index (κ2) is 5.74. The zero-order valence-corrected chi connectivity index (χ0v) is 11.6. The maximum Gasteiger partial charge on any atom is 0.193 e. The summed E-state index contributed by atoms with van der Waals surface area (Å²) in [5, 5.41) is 0. The van der Waals surface area contributed by atoms with Gasteiger partial charge in [0, 0.05) is 11.3 Å². The first kappa shape index (κ1) is 13.4. The molecule has 3 heteroatoms. The first-order valence-electron chi connectivity index (χ1n) is 6.55. The van der Waals surface area contributed by atoms with Crippen LogP contribution in [0.5, 0.6) is 0 Å². The van der Waals surface area contributed by atoms with Crippen molar-refractivity contribution in [3.63, 3.8) is 0 Å². The highest BCUT2D eigenvalue weighted by molar-refractivity contribution is 5.71. The molecule has 0 bridgehead atoms. The molecule has 1 aromatic carbocycles. The molecule has 19 heavy (non-hydrogen) atoms. The van der Waals surface area contributed by atoms with E-state index in [0.717, 1.165) is 23.4 Å². The minimum Gasteiger partial charge on any atom is -0.294 e. The number of benzene rings is 1. The third-order valence-electron chi connectivity index (χ3n) is 3.36. The summed E-state index contributed by atoms with van der Waals surface area (Å²) in [5.74, 6) is 0.799. The number of rotatable bonds is 4. The van der Waals surface area contributed by atoms with Crippen LogP contribution in [0.3, 0.4) is 0 Å². The van der Waals surface area contributed by atoms with Crippen molar-refractivity contribution in [3.8, 4) is 11.3 Å². The molecule has 2 rings (SSSR count). The number of hydrogen-bond acceptors (Lipinski definition) is 3. The van der Waals surface area contributed by atoms with Crippen molar-refractivity contribution in [2.75, 3.05) is 0 Å². The van der Waals surface area contributed by atoms with Gasteiger partial charge in [0.25, 0.3) is 0 Å². The molecule has 0 aliphatic heterocycles. The fourth-order valence-corrected chi connectivity index (χ4v) is 2.01. The average Bonchev–Trinajstić information content (AvgIpc) is 2.46. The molecule has 0 aliphatic rings. The van der Waals surface area contributed by atoms with Gasteiger partial charge in [-0.1, -0.05) is 38.1 Å². The third-order valence-corrected chi connectivity index (χ3v) is 3.36. The minimum atomic E-state index is 0.237. The maximum atomic E-state index is 10.8. The van der Waals surface area contributed by atoms with E-state index in [9.17, 15) is 4.79 Å². The SMILES string of the molecule is CCC(C)c1ccc(-c2cc(C)nc(C=O)n2)cc1. The van der Waals surface area contributed by atoms with Crippen LogP contribution in [0.1, 0.15) is 48.1 Å². The molecule has 0 radical (unpaired) electrons. The number of aldehydes is 1. The molecule has 2 aromatic rings. The first-order valence-corrected chi connectivity index (χ1v) is 6.55. The topological polar surface area (TPSA) is 42.9 Å². The van der Waals surface area contributed by atoms with Crippen molar-refractivity contribution in [1.82, 2.24) is 9.97 Å². The lowest BCUT2D eigenvalue weighted by atomic mass is 9.97. The summed E-state index contributed by atoms with van der Waals surface area (Å²) < 4.78 is 0. The Bertz CT molecular complexity index is 576. The molecule has 0 aliphatic carbocycles. The highest BCUT2D eigenvalue weighted by atomic mass is 16.1. The molecule has 0 fully saturated rings. The average molecular weight is 254 g/mol. The summed E-state index contributed by atoms with van der Waals surface area (Å²) in [6.45, 7) is 6.27. The predicted molar refractivity (Wildman–Crippen MR) is 76.3 cm³/mol. The van der Waals surface area contributed by atoms with Crippen molar-refractivity contribution in [2.45, 2.75) is 33.1 Å². The molecular formula is C16H18N2O. The van der Waals surface area contributed by atoms with Gasteiger partial charge in [0.05, 0.1) is 5.69 Å². The number of hydrogen-bond donors (Lipinski definition) is 0. The monoisotopic (exact) mass is 254 g/mol. The lowest BCUT2D eigenvalue weighted by Crippen LogP contribution is -1.97. The van der Waals surface area contributed by atoms with Gasteiger partial charge in [-0.25, -0.2) is 9.97 Å². The lowest BCUT2D eigenvalue weighted by molar-refractivity contribution is 0.111. The normalized spacial score (nSPS) is 12.2. The number of carbonyl (C=O) groups excluding carboxylic acids is 1. The van der Waals surface area contributed by atoms with Crippen LogP contribution in [-0.4, -0.2) is 16.3 Å². The summed E-state index contributed by atoms with van der Waals surface area (Å²) in [4.78, 5) is 19.1. The van der Waals surface area contributed by atoms with E-state index in [0.29, 0.717) is 12.2 Å². The van der Waals surface area contributed by atoms with E-state index in [1.165, 1.54) is 5.56 Å². The summed E-state index contributed by atoms with van der Waals surface area (Å²) in [6.07, 6.45) is 1.81. The van der Waals surface area contributed by atoms with Gasteiger partial charge in [0.1, 0.15) is 0 Å². The lowest BCUT2D eigenvalue weighted by Gasteiger charge is -2.10. The molecular weight excluding hydrogens is 236 g/mol. The Balaban J connectivity index is 2.36. The van der Waals surface area contributed by atoms with E-state index < -0.39 is 0 Å². The maximum absolute atomic E-state index is 10.8. The molecule has 0 amide bonds. The molecule has 0 saturated heterocycles. The summed E-state index contributed by atoms with van der Waals surface area (Å²) in [7, 11) is 0. The van der Waals surface area contributed by atoms with Gasteiger partial charge in [-0.05, 0) is 30.9 Å². The van der Waals surface area contributed by atoms with E-state index in [1.807, 2.05) is 13.0 Å². The van der Waals surface area contributed by atoms with Crippen molar-refractivity contribution in [2.24, 2.45) is 0 Å². The van der Waals surface area contributed by atoms with Crippen LogP contribution < -0.4 is 0 Å². The van der Waals surface area contributed by atoms with Crippen molar-refractivity contribution in [1.29, 1.82) is 0 Å². The smallest absolute Gasteiger partial charge is 0.193 e. The Morgan fingerprint density at radius 1 is 1.21 bits per heavy atom. The summed E-state index contributed by atoms with van der Waals surface area (Å²) in [6, 6.07) is 10.3. The Hall–Kier alpha value is -2.03. The van der Waals surface area contributed by atoms with Crippen LogP contribution in [0.2, 0.25) is 0 Å². The Labute approximate surface area is 113 Å². The van der Waals surface area contributed by atoms with Crippen LogP contribution in [0, 0.1) is 6.92 Å². The van der Waals surface area contributed by atoms with Crippen molar-refractivity contribution >= 4 is 6.29 Å². The number of carbonyl (C=O) groups is 1. The minimum absolute atomic E-state index is 0.237. The van der Waals surface area contributed by atoms with Crippen LogP contribution in [0.15, 0.2) is 30.3 Å². The van der Waals surface area contributed by atoms with Crippen LogP contribution >= 0.6 is 0 Å². The van der Waals surface area contributed by atoms with Gasteiger partial charge < -0.3 is 0 Å². The Kier molecular flexibility index (Phi) is 4.05. The number of nitrogens with zero attached hydrogens (tertiary/aromatic N) is 2. The summed E-state index contributed by atoms with van der Waals surface area (Å²) >= 11 is 0. The van der Waals surface area contributed by atoms with Gasteiger partial charge in [-0.2, -0.15) is 0 Å². The van der Waals surface area contributed by atoms with Crippen molar-refractivity contribution < 1.29 is 4.79 Å². The number of aromatic nitrogens is 2. The number of aryl methyl sites for hydroxylation is 1. The molecule has 98 valence electrons. The predicted octanol–water partition coefficient (Wildman–Crippen LogP) is 3.78. The van der Waals surface area contributed by atoms with E-state index in [2.05, 4.69) is 48.1 Å². The molecule has 1 aromatic heterocycles. The Morgan fingerprint density at radius 3 is 2.47 bits per heavy atom. The van der Waals surface area contributed by atoms with Gasteiger partial charge >= 0.3 is 0 Å². The van der Waals surface area contributed by atoms with Gasteiger partial charge in [-0.3, -0.25) is 4.79 Å². The standard InChI is InChI=1S/C16H18N2O/c1-4-11(2)13-5-7-14(8-6-13)15-9-12(3)17-16(10-19)18-15/h5-11H,4H2,1-3H3. The summed E-state index contributed by atoms with van der Waals surface area (Å²) in [5.41, 5.74) is 3.94.